The number of aromatic nitrogens is 1. The van der Waals surface area contributed by atoms with E-state index in [1.807, 2.05) is 19.0 Å². The van der Waals surface area contributed by atoms with Gasteiger partial charge in [-0.1, -0.05) is 29.0 Å². The topological polar surface area (TPSA) is 37.4 Å². The summed E-state index contributed by atoms with van der Waals surface area (Å²) in [5, 5.41) is 4.32. The first-order chi connectivity index (χ1) is 10.0. The van der Waals surface area contributed by atoms with Gasteiger partial charge in [-0.15, -0.1) is 0 Å². The van der Waals surface area contributed by atoms with Crippen LogP contribution in [0.2, 0.25) is 5.02 Å². The average molecular weight is 330 g/mol. The fourth-order valence-electron chi connectivity index (χ4n) is 1.76. The Morgan fingerprint density at radius 3 is 2.76 bits per heavy atom. The first kappa shape index (κ1) is 16.0. The minimum absolute atomic E-state index is 0.138. The second kappa shape index (κ2) is 7.06. The molecule has 7 heteroatoms. The van der Waals surface area contributed by atoms with Crippen molar-refractivity contribution >= 4 is 28.1 Å². The summed E-state index contributed by atoms with van der Waals surface area (Å²) < 4.78 is 18.4. The summed E-state index contributed by atoms with van der Waals surface area (Å²) in [5.74, 6) is 0.230. The number of hydrogen-bond donors (Lipinski definition) is 1. The van der Waals surface area contributed by atoms with Gasteiger partial charge in [0.05, 0.1) is 17.0 Å². The van der Waals surface area contributed by atoms with Gasteiger partial charge in [0, 0.05) is 27.2 Å². The maximum Gasteiger partial charge on any atom is 0.230 e. The molecule has 0 aliphatic rings. The number of nitrogens with one attached hydrogen (secondary N) is 1. The van der Waals surface area contributed by atoms with Gasteiger partial charge in [0.2, 0.25) is 5.88 Å². The zero-order valence-corrected chi connectivity index (χ0v) is 13.7. The Hall–Kier alpha value is -1.37. The molecule has 0 spiro atoms. The van der Waals surface area contributed by atoms with Crippen LogP contribution in [0.1, 0.15) is 10.4 Å². The number of benzene rings is 1. The van der Waals surface area contributed by atoms with Crippen molar-refractivity contribution in [3.05, 3.63) is 39.5 Å². The quantitative estimate of drug-likeness (QED) is 0.882. The van der Waals surface area contributed by atoms with E-state index in [-0.39, 0.29) is 5.02 Å². The maximum absolute atomic E-state index is 13.1. The number of rotatable bonds is 6. The molecule has 0 saturated heterocycles. The molecule has 0 saturated carbocycles. The van der Waals surface area contributed by atoms with E-state index in [1.54, 1.807) is 30.6 Å². The van der Waals surface area contributed by atoms with Gasteiger partial charge in [-0.3, -0.25) is 0 Å². The average Bonchev–Trinajstić information content (AvgIpc) is 2.86. The SMILES string of the molecule is COc1nc(N(C)C)sc1CNCc1ccc(F)c(Cl)c1. The summed E-state index contributed by atoms with van der Waals surface area (Å²) >= 11 is 7.33. The Balaban J connectivity index is 1.98. The van der Waals surface area contributed by atoms with Gasteiger partial charge in [0.1, 0.15) is 5.82 Å². The van der Waals surface area contributed by atoms with Crippen molar-refractivity contribution < 1.29 is 9.13 Å². The third-order valence-corrected chi connectivity index (χ3v) is 4.32. The molecule has 4 nitrogen and oxygen atoms in total. The molecule has 0 fully saturated rings. The molecule has 0 unspecified atom stereocenters. The van der Waals surface area contributed by atoms with Gasteiger partial charge in [0.15, 0.2) is 5.13 Å². The minimum Gasteiger partial charge on any atom is -0.480 e. The van der Waals surface area contributed by atoms with E-state index in [0.717, 1.165) is 15.6 Å². The van der Waals surface area contributed by atoms with Gasteiger partial charge in [0.25, 0.3) is 0 Å². The fourth-order valence-corrected chi connectivity index (χ4v) is 2.88. The molecule has 0 amide bonds. The molecule has 1 N–H and O–H groups in total. The normalized spacial score (nSPS) is 10.7. The van der Waals surface area contributed by atoms with Gasteiger partial charge in [-0.05, 0) is 17.7 Å². The summed E-state index contributed by atoms with van der Waals surface area (Å²) in [7, 11) is 5.49. The van der Waals surface area contributed by atoms with E-state index in [2.05, 4.69) is 10.3 Å². The van der Waals surface area contributed by atoms with Crippen molar-refractivity contribution in [3.8, 4) is 5.88 Å². The lowest BCUT2D eigenvalue weighted by Gasteiger charge is -2.06. The predicted molar refractivity (Wildman–Crippen MR) is 84.9 cm³/mol. The summed E-state index contributed by atoms with van der Waals surface area (Å²) in [6, 6.07) is 4.71. The van der Waals surface area contributed by atoms with Crippen LogP contribution in [-0.4, -0.2) is 26.2 Å². The van der Waals surface area contributed by atoms with E-state index in [9.17, 15) is 4.39 Å². The Morgan fingerprint density at radius 1 is 1.38 bits per heavy atom. The van der Waals surface area contributed by atoms with E-state index in [1.165, 1.54) is 6.07 Å². The molecule has 2 rings (SSSR count). The molecule has 0 bridgehead atoms. The number of ether oxygens (including phenoxy) is 1. The predicted octanol–water partition coefficient (Wildman–Crippen LogP) is 3.30. The third-order valence-electron chi connectivity index (χ3n) is 2.82. The molecule has 0 radical (unpaired) electrons. The lowest BCUT2D eigenvalue weighted by Crippen LogP contribution is -2.12. The summed E-state index contributed by atoms with van der Waals surface area (Å²) in [4.78, 5) is 7.35. The van der Waals surface area contributed by atoms with Crippen molar-refractivity contribution in [1.82, 2.24) is 10.3 Å². The van der Waals surface area contributed by atoms with Crippen molar-refractivity contribution in [2.75, 3.05) is 26.1 Å². The standard InChI is InChI=1S/C14H17ClFN3OS/c1-19(2)14-18-13(20-3)12(21-14)8-17-7-9-4-5-11(16)10(15)6-9/h4-6,17H,7-8H2,1-3H3. The molecular weight excluding hydrogens is 313 g/mol. The number of thiazole rings is 1. The Morgan fingerprint density at radius 2 is 2.14 bits per heavy atom. The number of nitrogens with zero attached hydrogens (tertiary/aromatic N) is 2. The second-order valence-corrected chi connectivity index (χ2v) is 6.14. The van der Waals surface area contributed by atoms with Crippen LogP contribution in [0.25, 0.3) is 0 Å². The smallest absolute Gasteiger partial charge is 0.230 e. The van der Waals surface area contributed by atoms with E-state index in [4.69, 9.17) is 16.3 Å². The second-order valence-electron chi connectivity index (χ2n) is 4.68. The molecule has 114 valence electrons. The molecule has 2 aromatic rings. The molecule has 21 heavy (non-hydrogen) atoms. The number of halogens is 2. The first-order valence-electron chi connectivity index (χ1n) is 6.37. The molecule has 0 aliphatic carbocycles. The highest BCUT2D eigenvalue weighted by atomic mass is 35.5. The van der Waals surface area contributed by atoms with Gasteiger partial charge in [-0.25, -0.2) is 4.39 Å². The highest BCUT2D eigenvalue weighted by molar-refractivity contribution is 7.15. The van der Waals surface area contributed by atoms with Gasteiger partial charge in [-0.2, -0.15) is 4.98 Å². The highest BCUT2D eigenvalue weighted by Crippen LogP contribution is 2.30. The van der Waals surface area contributed by atoms with Crippen LogP contribution in [0.5, 0.6) is 5.88 Å². The summed E-state index contributed by atoms with van der Waals surface area (Å²) in [6.07, 6.45) is 0. The van der Waals surface area contributed by atoms with Crippen LogP contribution >= 0.6 is 22.9 Å². The first-order valence-corrected chi connectivity index (χ1v) is 7.56. The van der Waals surface area contributed by atoms with E-state index >= 15 is 0 Å². The van der Waals surface area contributed by atoms with Crippen molar-refractivity contribution in [3.63, 3.8) is 0 Å². The molecule has 0 atom stereocenters. The van der Waals surface area contributed by atoms with Crippen LogP contribution in [0.4, 0.5) is 9.52 Å². The van der Waals surface area contributed by atoms with Crippen LogP contribution in [0, 0.1) is 5.82 Å². The third kappa shape index (κ3) is 4.06. The van der Waals surface area contributed by atoms with Crippen LogP contribution in [0.3, 0.4) is 0 Å². The number of hydrogen-bond acceptors (Lipinski definition) is 5. The zero-order chi connectivity index (χ0) is 15.4. The van der Waals surface area contributed by atoms with Crippen LogP contribution < -0.4 is 15.0 Å². The fraction of sp³-hybridized carbons (Fsp3) is 0.357. The molecular formula is C14H17ClFN3OS. The Bertz CT molecular complexity index is 618. The van der Waals surface area contributed by atoms with Gasteiger partial charge >= 0.3 is 0 Å². The number of anilines is 1. The molecule has 1 aromatic heterocycles. The lowest BCUT2D eigenvalue weighted by atomic mass is 10.2. The van der Waals surface area contributed by atoms with Crippen LogP contribution in [-0.2, 0) is 13.1 Å². The maximum atomic E-state index is 13.1. The van der Waals surface area contributed by atoms with Crippen LogP contribution in [0.15, 0.2) is 18.2 Å². The van der Waals surface area contributed by atoms with Crippen molar-refractivity contribution in [2.24, 2.45) is 0 Å². The van der Waals surface area contributed by atoms with Gasteiger partial charge < -0.3 is 15.0 Å². The molecule has 1 heterocycles. The zero-order valence-electron chi connectivity index (χ0n) is 12.1. The lowest BCUT2D eigenvalue weighted by molar-refractivity contribution is 0.394. The Labute approximate surface area is 132 Å². The minimum atomic E-state index is -0.403. The Kier molecular flexibility index (Phi) is 5.39. The molecule has 1 aromatic carbocycles. The summed E-state index contributed by atoms with van der Waals surface area (Å²) in [5.41, 5.74) is 0.928. The van der Waals surface area contributed by atoms with E-state index in [0.29, 0.717) is 19.0 Å². The van der Waals surface area contributed by atoms with Crippen molar-refractivity contribution in [2.45, 2.75) is 13.1 Å². The largest absolute Gasteiger partial charge is 0.480 e. The van der Waals surface area contributed by atoms with Crippen molar-refractivity contribution in [1.29, 1.82) is 0 Å². The summed E-state index contributed by atoms with van der Waals surface area (Å²) in [6.45, 7) is 1.22. The highest BCUT2D eigenvalue weighted by Gasteiger charge is 2.12. The monoisotopic (exact) mass is 329 g/mol. The molecule has 0 aliphatic heterocycles. The number of methoxy groups -OCH3 is 1. The van der Waals surface area contributed by atoms with E-state index < -0.39 is 5.82 Å².